The van der Waals surface area contributed by atoms with Crippen molar-refractivity contribution in [2.45, 2.75) is 55.0 Å². The van der Waals surface area contributed by atoms with Gasteiger partial charge in [-0.1, -0.05) is 24.3 Å². The summed E-state index contributed by atoms with van der Waals surface area (Å²) in [7, 11) is 0. The van der Waals surface area contributed by atoms with Crippen molar-refractivity contribution in [2.75, 3.05) is 24.7 Å². The molecule has 7 nitrogen and oxygen atoms in total. The lowest BCUT2D eigenvalue weighted by Crippen LogP contribution is -2.46. The molecule has 0 radical (unpaired) electrons. The van der Waals surface area contributed by atoms with E-state index < -0.39 is 17.9 Å². The largest absolute Gasteiger partial charge is 0.389 e. The lowest BCUT2D eigenvalue weighted by molar-refractivity contribution is -0.146. The van der Waals surface area contributed by atoms with E-state index in [0.717, 1.165) is 46.5 Å². The van der Waals surface area contributed by atoms with E-state index in [2.05, 4.69) is 22.8 Å². The molecule has 0 spiro atoms. The maximum atomic E-state index is 13.0. The van der Waals surface area contributed by atoms with E-state index in [4.69, 9.17) is 4.74 Å². The second-order valence-electron chi connectivity index (χ2n) is 8.88. The Hall–Kier alpha value is -2.55. The highest BCUT2D eigenvalue weighted by Gasteiger charge is 2.37. The van der Waals surface area contributed by atoms with E-state index in [-0.39, 0.29) is 24.7 Å². The Morgan fingerprint density at radius 1 is 1.24 bits per heavy atom. The molecule has 0 saturated carbocycles. The highest BCUT2D eigenvalue weighted by atomic mass is 32.2. The summed E-state index contributed by atoms with van der Waals surface area (Å²) in [5.41, 5.74) is 4.01. The van der Waals surface area contributed by atoms with E-state index in [9.17, 15) is 14.7 Å². The number of thioether (sulfide) groups is 1. The molecular weight excluding hydrogens is 438 g/mol. The zero-order valence-corrected chi connectivity index (χ0v) is 19.4. The number of hydrogen-bond acceptors (Lipinski definition) is 6. The van der Waals surface area contributed by atoms with E-state index in [1.807, 2.05) is 36.6 Å². The summed E-state index contributed by atoms with van der Waals surface area (Å²) in [4.78, 5) is 28.6. The number of nitrogens with one attached hydrogen (secondary N) is 2. The average Bonchev–Trinajstić information content (AvgIpc) is 3.34. The standard InChI is InChI=1S/C25H29N3O4S/c1-33-23-7-3-2-5-16(23)20-6-4-10-28(20)25(31)24(30)26-13-15-8-9-18-17(11-15)22-12-19(27-18)21(29)14-32-22/h2-3,5,7-9,11,19-22,27,29H,4,6,10,12-14H2,1H3,(H,26,30)/t19-,20-,21-,22-/m1/s1. The Balaban J connectivity index is 1.25. The van der Waals surface area contributed by atoms with Gasteiger partial charge in [-0.15, -0.1) is 11.8 Å². The second kappa shape index (κ2) is 9.37. The van der Waals surface area contributed by atoms with Gasteiger partial charge in [-0.05, 0) is 48.4 Å². The molecule has 3 heterocycles. The summed E-state index contributed by atoms with van der Waals surface area (Å²) in [6, 6.07) is 13.9. The molecule has 8 heteroatoms. The molecule has 2 amide bonds. The molecule has 0 aliphatic carbocycles. The second-order valence-corrected chi connectivity index (χ2v) is 9.73. The molecule has 3 aliphatic rings. The van der Waals surface area contributed by atoms with Crippen molar-refractivity contribution >= 4 is 29.3 Å². The number of nitrogens with zero attached hydrogens (tertiary/aromatic N) is 1. The first-order chi connectivity index (χ1) is 16.0. The topological polar surface area (TPSA) is 90.9 Å². The highest BCUT2D eigenvalue weighted by molar-refractivity contribution is 7.98. The number of fused-ring (bicyclic) bond motifs is 4. The highest BCUT2D eigenvalue weighted by Crippen LogP contribution is 2.40. The molecule has 2 fully saturated rings. The summed E-state index contributed by atoms with van der Waals surface area (Å²) < 4.78 is 5.81. The van der Waals surface area contributed by atoms with Gasteiger partial charge < -0.3 is 25.4 Å². The molecule has 2 aromatic rings. The van der Waals surface area contributed by atoms with Gasteiger partial charge in [0, 0.05) is 35.7 Å². The van der Waals surface area contributed by atoms with Gasteiger partial charge in [0.05, 0.1) is 30.9 Å². The van der Waals surface area contributed by atoms with Gasteiger partial charge in [-0.2, -0.15) is 0 Å². The number of benzene rings is 2. The van der Waals surface area contributed by atoms with Crippen LogP contribution >= 0.6 is 11.8 Å². The van der Waals surface area contributed by atoms with Gasteiger partial charge in [0.25, 0.3) is 0 Å². The van der Waals surface area contributed by atoms with Crippen LogP contribution in [0, 0.1) is 0 Å². The third-order valence-electron chi connectivity index (χ3n) is 6.86. The number of amides is 2. The van der Waals surface area contributed by atoms with E-state index in [1.165, 1.54) is 0 Å². The summed E-state index contributed by atoms with van der Waals surface area (Å²) in [5.74, 6) is -1.04. The zero-order chi connectivity index (χ0) is 22.9. The minimum Gasteiger partial charge on any atom is -0.389 e. The first-order valence-corrected chi connectivity index (χ1v) is 12.7. The van der Waals surface area contributed by atoms with Crippen LogP contribution < -0.4 is 10.6 Å². The first kappa shape index (κ1) is 22.3. The van der Waals surface area contributed by atoms with Crippen LogP contribution in [0.25, 0.3) is 0 Å². The van der Waals surface area contributed by atoms with Gasteiger partial charge in [0.2, 0.25) is 0 Å². The Bertz CT molecular complexity index is 1060. The molecule has 2 aromatic carbocycles. The average molecular weight is 468 g/mol. The van der Waals surface area contributed by atoms with Crippen LogP contribution in [-0.2, 0) is 20.9 Å². The molecule has 3 N–H and O–H groups in total. The predicted molar refractivity (Wildman–Crippen MR) is 127 cm³/mol. The lowest BCUT2D eigenvalue weighted by atomic mass is 9.89. The van der Waals surface area contributed by atoms with Crippen LogP contribution in [0.2, 0.25) is 0 Å². The van der Waals surface area contributed by atoms with Crippen LogP contribution in [-0.4, -0.2) is 53.4 Å². The minimum absolute atomic E-state index is 0.00377. The third kappa shape index (κ3) is 4.35. The molecule has 2 bridgehead atoms. The number of aliphatic hydroxyl groups is 1. The molecule has 33 heavy (non-hydrogen) atoms. The third-order valence-corrected chi connectivity index (χ3v) is 7.67. The smallest absolute Gasteiger partial charge is 0.312 e. The Morgan fingerprint density at radius 3 is 2.94 bits per heavy atom. The van der Waals surface area contributed by atoms with Crippen molar-refractivity contribution in [3.63, 3.8) is 0 Å². The molecule has 4 atom stereocenters. The van der Waals surface area contributed by atoms with Crippen molar-refractivity contribution in [3.8, 4) is 0 Å². The SMILES string of the molecule is CSc1ccccc1[C@H]1CCCN1C(=O)C(=O)NCc1ccc2c(c1)[C@H]1C[C@@H](N2)[C@H](O)CO1. The molecule has 5 rings (SSSR count). The number of carbonyl (C=O) groups excluding carboxylic acids is 2. The van der Waals surface area contributed by atoms with Gasteiger partial charge in [-0.25, -0.2) is 0 Å². The number of carbonyl (C=O) groups is 2. The zero-order valence-electron chi connectivity index (χ0n) is 18.6. The molecule has 3 aliphatic heterocycles. The van der Waals surface area contributed by atoms with Crippen molar-refractivity contribution in [2.24, 2.45) is 0 Å². The van der Waals surface area contributed by atoms with Gasteiger partial charge >= 0.3 is 11.8 Å². The summed E-state index contributed by atoms with van der Waals surface area (Å²) >= 11 is 1.66. The maximum Gasteiger partial charge on any atom is 0.312 e. The minimum atomic E-state index is -0.573. The van der Waals surface area contributed by atoms with Crippen molar-refractivity contribution in [1.82, 2.24) is 10.2 Å². The number of aliphatic hydroxyl groups excluding tert-OH is 1. The van der Waals surface area contributed by atoms with Crippen LogP contribution in [0.1, 0.15) is 48.1 Å². The number of rotatable bonds is 4. The first-order valence-electron chi connectivity index (χ1n) is 11.5. The van der Waals surface area contributed by atoms with Crippen molar-refractivity contribution in [3.05, 3.63) is 59.2 Å². The quantitative estimate of drug-likeness (QED) is 0.473. The summed E-state index contributed by atoms with van der Waals surface area (Å²) in [6.45, 7) is 1.18. The van der Waals surface area contributed by atoms with Crippen LogP contribution in [0.5, 0.6) is 0 Å². The number of anilines is 1. The van der Waals surface area contributed by atoms with Gasteiger partial charge in [0.1, 0.15) is 0 Å². The fourth-order valence-corrected chi connectivity index (χ4v) is 5.80. The maximum absolute atomic E-state index is 13.0. The Morgan fingerprint density at radius 2 is 2.09 bits per heavy atom. The van der Waals surface area contributed by atoms with Gasteiger partial charge in [-0.3, -0.25) is 9.59 Å². The van der Waals surface area contributed by atoms with Crippen LogP contribution in [0.4, 0.5) is 5.69 Å². The summed E-state index contributed by atoms with van der Waals surface area (Å²) in [5, 5.41) is 16.2. The van der Waals surface area contributed by atoms with Crippen LogP contribution in [0.3, 0.4) is 0 Å². The molecule has 2 saturated heterocycles. The van der Waals surface area contributed by atoms with Crippen LogP contribution in [0.15, 0.2) is 47.4 Å². The fourth-order valence-electron chi connectivity index (χ4n) is 5.14. The Labute approximate surface area is 197 Å². The van der Waals surface area contributed by atoms with E-state index >= 15 is 0 Å². The molecule has 0 aromatic heterocycles. The number of hydrogen-bond donors (Lipinski definition) is 3. The molecule has 174 valence electrons. The normalized spacial score (nSPS) is 25.8. The van der Waals surface area contributed by atoms with Gasteiger partial charge in [0.15, 0.2) is 0 Å². The van der Waals surface area contributed by atoms with Crippen molar-refractivity contribution in [1.29, 1.82) is 0 Å². The van der Waals surface area contributed by atoms with Crippen molar-refractivity contribution < 1.29 is 19.4 Å². The summed E-state index contributed by atoms with van der Waals surface area (Å²) in [6.07, 6.45) is 3.94. The fraction of sp³-hybridized carbons (Fsp3) is 0.440. The molecular formula is C25H29N3O4S. The molecule has 0 unspecified atom stereocenters. The lowest BCUT2D eigenvalue weighted by Gasteiger charge is -2.40. The number of ether oxygens (including phenoxy) is 1. The van der Waals surface area contributed by atoms with E-state index in [1.54, 1.807) is 16.7 Å². The Kier molecular flexibility index (Phi) is 6.32. The van der Waals surface area contributed by atoms with E-state index in [0.29, 0.717) is 13.2 Å². The monoisotopic (exact) mass is 467 g/mol. The number of likely N-dealkylation sites (tertiary alicyclic amines) is 1. The predicted octanol–water partition coefficient (Wildman–Crippen LogP) is 3.00.